The summed E-state index contributed by atoms with van der Waals surface area (Å²) >= 11 is 0. The summed E-state index contributed by atoms with van der Waals surface area (Å²) in [6.45, 7) is 2.80. The summed E-state index contributed by atoms with van der Waals surface area (Å²) < 4.78 is 5.51. The van der Waals surface area contributed by atoms with Gasteiger partial charge in [0.05, 0.1) is 36.5 Å². The lowest BCUT2D eigenvalue weighted by Crippen LogP contribution is -2.36. The van der Waals surface area contributed by atoms with Crippen molar-refractivity contribution in [1.29, 1.82) is 0 Å². The molecule has 9 nitrogen and oxygen atoms in total. The minimum absolute atomic E-state index is 0.199. The number of amides is 1. The van der Waals surface area contributed by atoms with E-state index in [0.29, 0.717) is 48.8 Å². The van der Waals surface area contributed by atoms with E-state index in [9.17, 15) is 9.90 Å². The molecule has 1 fully saturated rings. The quantitative estimate of drug-likeness (QED) is 0.691. The Balaban J connectivity index is 1.85. The highest BCUT2D eigenvalue weighted by Gasteiger charge is 2.23. The molecule has 1 saturated heterocycles. The van der Waals surface area contributed by atoms with Gasteiger partial charge in [0.15, 0.2) is 5.82 Å². The summed E-state index contributed by atoms with van der Waals surface area (Å²) in [5, 5.41) is 13.4. The Labute approximate surface area is 167 Å². The Morgan fingerprint density at radius 2 is 2.07 bits per heavy atom. The van der Waals surface area contributed by atoms with Gasteiger partial charge in [-0.2, -0.15) is 0 Å². The molecule has 3 aromatic rings. The summed E-state index contributed by atoms with van der Waals surface area (Å²) in [6.07, 6.45) is 6.00. The molecule has 0 saturated carbocycles. The van der Waals surface area contributed by atoms with Crippen molar-refractivity contribution in [2.24, 2.45) is 0 Å². The van der Waals surface area contributed by atoms with Gasteiger partial charge in [-0.3, -0.25) is 9.78 Å². The fraction of sp³-hybridized carbons (Fsp3) is 0.350. The van der Waals surface area contributed by atoms with E-state index >= 15 is 0 Å². The van der Waals surface area contributed by atoms with E-state index in [0.717, 1.165) is 16.8 Å². The topological polar surface area (TPSA) is 113 Å². The first-order chi connectivity index (χ1) is 14.0. The maximum atomic E-state index is 11.4. The van der Waals surface area contributed by atoms with Crippen LogP contribution in [-0.2, 0) is 4.79 Å². The number of aliphatic hydroxyl groups is 1. The van der Waals surface area contributed by atoms with Crippen molar-refractivity contribution in [3.05, 3.63) is 30.7 Å². The number of aromatic nitrogens is 4. The Hall–Kier alpha value is -3.33. The van der Waals surface area contributed by atoms with Gasteiger partial charge in [-0.1, -0.05) is 0 Å². The van der Waals surface area contributed by atoms with E-state index in [-0.39, 0.29) is 12.0 Å². The number of aliphatic hydroxyl groups excluding tert-OH is 1. The molecule has 1 amide bonds. The van der Waals surface area contributed by atoms with Gasteiger partial charge in [0.2, 0.25) is 5.91 Å². The van der Waals surface area contributed by atoms with Crippen LogP contribution >= 0.6 is 0 Å². The molecular formula is C20H22N6O3. The van der Waals surface area contributed by atoms with Crippen LogP contribution in [-0.4, -0.2) is 57.3 Å². The molecule has 3 aromatic heterocycles. The summed E-state index contributed by atoms with van der Waals surface area (Å²) in [6, 6.07) is 3.53. The van der Waals surface area contributed by atoms with Crippen LogP contribution in [0, 0.1) is 0 Å². The average molecular weight is 394 g/mol. The van der Waals surface area contributed by atoms with Crippen LogP contribution in [0.3, 0.4) is 0 Å². The van der Waals surface area contributed by atoms with Gasteiger partial charge >= 0.3 is 0 Å². The number of fused-ring (bicyclic) bond motifs is 1. The summed E-state index contributed by atoms with van der Waals surface area (Å²) in [5.74, 6) is 2.08. The van der Waals surface area contributed by atoms with Crippen LogP contribution < -0.4 is 15.0 Å². The Bertz CT molecular complexity index is 1050. The molecule has 0 aliphatic carbocycles. The highest BCUT2D eigenvalue weighted by molar-refractivity contribution is 5.95. The van der Waals surface area contributed by atoms with E-state index in [1.54, 1.807) is 37.8 Å². The standard InChI is InChI=1S/C20H22N6O3/c1-12(27)23-17-9-13(3-6-22-17)19-24-15-10-21-11-16(29-2)18(15)20(25-19)26-7-4-14(28)5-8-26/h3,6,9-11,14,28H,4-5,7-8H2,1-2H3,(H,22,23,27). The number of hydrogen-bond acceptors (Lipinski definition) is 8. The zero-order chi connectivity index (χ0) is 20.4. The fourth-order valence-corrected chi connectivity index (χ4v) is 3.44. The predicted octanol–water partition coefficient (Wildman–Crippen LogP) is 2.01. The molecule has 4 rings (SSSR count). The third-order valence-corrected chi connectivity index (χ3v) is 4.86. The molecule has 9 heteroatoms. The van der Waals surface area contributed by atoms with E-state index in [1.165, 1.54) is 6.92 Å². The first-order valence-electron chi connectivity index (χ1n) is 9.42. The molecule has 0 bridgehead atoms. The number of ether oxygens (including phenoxy) is 1. The number of piperidine rings is 1. The predicted molar refractivity (Wildman–Crippen MR) is 109 cm³/mol. The minimum Gasteiger partial charge on any atom is -0.494 e. The first-order valence-corrected chi connectivity index (χ1v) is 9.42. The van der Waals surface area contributed by atoms with Crippen LogP contribution in [0.5, 0.6) is 5.75 Å². The molecule has 150 valence electrons. The Morgan fingerprint density at radius 3 is 2.79 bits per heavy atom. The second-order valence-corrected chi connectivity index (χ2v) is 6.94. The van der Waals surface area contributed by atoms with Crippen LogP contribution in [0.4, 0.5) is 11.6 Å². The molecule has 0 radical (unpaired) electrons. The third-order valence-electron chi connectivity index (χ3n) is 4.86. The molecule has 0 atom stereocenters. The molecule has 29 heavy (non-hydrogen) atoms. The Kier molecular flexibility index (Phi) is 5.22. The monoisotopic (exact) mass is 394 g/mol. The lowest BCUT2D eigenvalue weighted by Gasteiger charge is -2.31. The molecule has 4 heterocycles. The zero-order valence-electron chi connectivity index (χ0n) is 16.3. The lowest BCUT2D eigenvalue weighted by molar-refractivity contribution is -0.114. The van der Waals surface area contributed by atoms with E-state index in [1.807, 2.05) is 0 Å². The van der Waals surface area contributed by atoms with E-state index < -0.39 is 0 Å². The third kappa shape index (κ3) is 3.95. The van der Waals surface area contributed by atoms with Gasteiger partial charge in [-0.05, 0) is 25.0 Å². The van der Waals surface area contributed by atoms with Gasteiger partial charge < -0.3 is 20.1 Å². The molecular weight excluding hydrogens is 372 g/mol. The average Bonchev–Trinajstić information content (AvgIpc) is 2.73. The molecule has 0 unspecified atom stereocenters. The number of rotatable bonds is 4. The van der Waals surface area contributed by atoms with E-state index in [2.05, 4.69) is 25.2 Å². The van der Waals surface area contributed by atoms with E-state index in [4.69, 9.17) is 9.72 Å². The van der Waals surface area contributed by atoms with Crippen molar-refractivity contribution in [2.75, 3.05) is 30.4 Å². The largest absolute Gasteiger partial charge is 0.494 e. The van der Waals surface area contributed by atoms with Gasteiger partial charge in [0, 0.05) is 31.8 Å². The Morgan fingerprint density at radius 1 is 1.28 bits per heavy atom. The summed E-state index contributed by atoms with van der Waals surface area (Å²) in [7, 11) is 1.59. The number of hydrogen-bond donors (Lipinski definition) is 2. The second-order valence-electron chi connectivity index (χ2n) is 6.94. The van der Waals surface area contributed by atoms with Crippen molar-refractivity contribution in [2.45, 2.75) is 25.9 Å². The van der Waals surface area contributed by atoms with Crippen LogP contribution in [0.2, 0.25) is 0 Å². The van der Waals surface area contributed by atoms with Crippen molar-refractivity contribution < 1.29 is 14.6 Å². The van der Waals surface area contributed by atoms with Crippen LogP contribution in [0.15, 0.2) is 30.7 Å². The number of nitrogens with one attached hydrogen (secondary N) is 1. The number of anilines is 2. The van der Waals surface area contributed by atoms with Crippen molar-refractivity contribution >= 4 is 28.4 Å². The number of carbonyl (C=O) groups excluding carboxylic acids is 1. The number of nitrogens with zero attached hydrogens (tertiary/aromatic N) is 5. The first kappa shape index (κ1) is 19.0. The smallest absolute Gasteiger partial charge is 0.222 e. The molecule has 0 aromatic carbocycles. The summed E-state index contributed by atoms with van der Waals surface area (Å²) in [4.78, 5) is 31.4. The highest BCUT2D eigenvalue weighted by atomic mass is 16.5. The maximum Gasteiger partial charge on any atom is 0.222 e. The highest BCUT2D eigenvalue weighted by Crippen LogP contribution is 2.35. The van der Waals surface area contributed by atoms with Gasteiger partial charge in [0.1, 0.15) is 17.4 Å². The van der Waals surface area contributed by atoms with Gasteiger partial charge in [0.25, 0.3) is 0 Å². The normalized spacial score (nSPS) is 14.8. The van der Waals surface area contributed by atoms with Crippen LogP contribution in [0.1, 0.15) is 19.8 Å². The minimum atomic E-state index is -0.289. The number of methoxy groups -OCH3 is 1. The maximum absolute atomic E-state index is 11.4. The van der Waals surface area contributed by atoms with Crippen molar-refractivity contribution in [1.82, 2.24) is 19.9 Å². The fourth-order valence-electron chi connectivity index (χ4n) is 3.44. The molecule has 2 N–H and O–H groups in total. The summed E-state index contributed by atoms with van der Waals surface area (Å²) in [5.41, 5.74) is 1.39. The molecule has 1 aliphatic rings. The van der Waals surface area contributed by atoms with Crippen molar-refractivity contribution in [3.63, 3.8) is 0 Å². The lowest BCUT2D eigenvalue weighted by atomic mass is 10.1. The zero-order valence-corrected chi connectivity index (χ0v) is 16.3. The number of pyridine rings is 2. The SMILES string of the molecule is COc1cncc2nc(-c3ccnc(NC(C)=O)c3)nc(N3CCC(O)CC3)c12. The molecule has 0 spiro atoms. The second kappa shape index (κ2) is 7.96. The van der Waals surface area contributed by atoms with Crippen LogP contribution in [0.25, 0.3) is 22.3 Å². The van der Waals surface area contributed by atoms with Gasteiger partial charge in [-0.15, -0.1) is 0 Å². The van der Waals surface area contributed by atoms with Gasteiger partial charge in [-0.25, -0.2) is 15.0 Å². The molecule has 1 aliphatic heterocycles. The number of carbonyl (C=O) groups is 1. The van der Waals surface area contributed by atoms with Crippen molar-refractivity contribution in [3.8, 4) is 17.1 Å².